The van der Waals surface area contributed by atoms with Crippen molar-refractivity contribution in [3.8, 4) is 0 Å². The van der Waals surface area contributed by atoms with Crippen LogP contribution in [-0.2, 0) is 4.79 Å². The third kappa shape index (κ3) is 4.92. The van der Waals surface area contributed by atoms with Gasteiger partial charge in [-0.3, -0.25) is 4.79 Å². The smallest absolute Gasteiger partial charge is 0.246 e. The Morgan fingerprint density at radius 1 is 1.36 bits per heavy atom. The monoisotopic (exact) mass is 380 g/mol. The number of hydrogen-bond acceptors (Lipinski definition) is 6. The lowest BCUT2D eigenvalue weighted by atomic mass is 10.1. The minimum absolute atomic E-state index is 0.0245. The summed E-state index contributed by atoms with van der Waals surface area (Å²) in [6.07, 6.45) is 7.21. The van der Waals surface area contributed by atoms with E-state index in [0.29, 0.717) is 11.6 Å². The number of anilines is 2. The van der Waals surface area contributed by atoms with Crippen LogP contribution in [0, 0.1) is 13.8 Å². The lowest BCUT2D eigenvalue weighted by Gasteiger charge is -2.23. The second-order valence-electron chi connectivity index (χ2n) is 7.37. The number of pyridine rings is 1. The van der Waals surface area contributed by atoms with Crippen LogP contribution < -0.4 is 5.32 Å². The summed E-state index contributed by atoms with van der Waals surface area (Å²) in [6.45, 7) is 5.37. The first-order chi connectivity index (χ1) is 13.4. The molecule has 0 aliphatic carbocycles. The second kappa shape index (κ2) is 8.93. The lowest BCUT2D eigenvalue weighted by molar-refractivity contribution is -0.127. The van der Waals surface area contributed by atoms with Crippen LogP contribution in [0.25, 0.3) is 0 Å². The van der Waals surface area contributed by atoms with Crippen LogP contribution in [0.1, 0.15) is 36.0 Å². The Labute approximate surface area is 166 Å². The number of likely N-dealkylation sites (tertiary alicyclic amines) is 1. The van der Waals surface area contributed by atoms with E-state index in [1.807, 2.05) is 62.0 Å². The molecule has 2 aromatic rings. The molecule has 7 heteroatoms. The maximum Gasteiger partial charge on any atom is 0.246 e. The number of aryl methyl sites for hydroxylation is 2. The van der Waals surface area contributed by atoms with Crippen molar-refractivity contribution >= 4 is 17.5 Å². The summed E-state index contributed by atoms with van der Waals surface area (Å²) >= 11 is 0. The van der Waals surface area contributed by atoms with Crippen LogP contribution >= 0.6 is 0 Å². The third-order valence-electron chi connectivity index (χ3n) is 4.72. The van der Waals surface area contributed by atoms with Gasteiger partial charge in [-0.2, -0.15) is 0 Å². The molecule has 3 heterocycles. The predicted molar refractivity (Wildman–Crippen MR) is 110 cm³/mol. The molecule has 1 saturated heterocycles. The van der Waals surface area contributed by atoms with E-state index < -0.39 is 0 Å². The first kappa shape index (κ1) is 19.9. The van der Waals surface area contributed by atoms with Crippen molar-refractivity contribution in [1.82, 2.24) is 24.8 Å². The normalized spacial score (nSPS) is 16.9. The summed E-state index contributed by atoms with van der Waals surface area (Å²) in [5.74, 6) is 2.19. The van der Waals surface area contributed by atoms with Gasteiger partial charge in [-0.15, -0.1) is 0 Å². The molecule has 3 rings (SSSR count). The molecule has 0 aromatic carbocycles. The molecule has 1 aliphatic heterocycles. The van der Waals surface area contributed by atoms with Crippen LogP contribution in [0.4, 0.5) is 11.6 Å². The van der Waals surface area contributed by atoms with E-state index in [-0.39, 0.29) is 11.9 Å². The Morgan fingerprint density at radius 3 is 2.93 bits per heavy atom. The number of carbonyl (C=O) groups excluding carboxylic acids is 1. The van der Waals surface area contributed by atoms with Gasteiger partial charge in [0.2, 0.25) is 5.91 Å². The fourth-order valence-electron chi connectivity index (χ4n) is 3.36. The highest BCUT2D eigenvalue weighted by Gasteiger charge is 2.30. The zero-order valence-electron chi connectivity index (χ0n) is 17.0. The Balaban J connectivity index is 1.80. The van der Waals surface area contributed by atoms with Crippen molar-refractivity contribution in [3.05, 3.63) is 53.6 Å². The number of likely N-dealkylation sites (N-methyl/N-ethyl adjacent to an activating group) is 1. The summed E-state index contributed by atoms with van der Waals surface area (Å²) in [5, 5.41) is 3.28. The second-order valence-corrected chi connectivity index (χ2v) is 7.37. The van der Waals surface area contributed by atoms with Gasteiger partial charge in [0.1, 0.15) is 17.5 Å². The highest BCUT2D eigenvalue weighted by Crippen LogP contribution is 2.32. The van der Waals surface area contributed by atoms with E-state index >= 15 is 0 Å². The highest BCUT2D eigenvalue weighted by atomic mass is 16.2. The number of amides is 1. The van der Waals surface area contributed by atoms with Crippen molar-refractivity contribution < 1.29 is 4.79 Å². The molecule has 1 fully saturated rings. The number of nitrogens with zero attached hydrogens (tertiary/aromatic N) is 5. The van der Waals surface area contributed by atoms with Crippen molar-refractivity contribution in [2.45, 2.75) is 32.7 Å². The maximum absolute atomic E-state index is 12.7. The van der Waals surface area contributed by atoms with Gasteiger partial charge < -0.3 is 15.1 Å². The Kier molecular flexibility index (Phi) is 6.36. The number of carbonyl (C=O) groups is 1. The molecule has 28 heavy (non-hydrogen) atoms. The van der Waals surface area contributed by atoms with Crippen molar-refractivity contribution in [2.75, 3.05) is 32.5 Å². The maximum atomic E-state index is 12.7. The minimum Gasteiger partial charge on any atom is -0.331 e. The Morgan fingerprint density at radius 2 is 2.18 bits per heavy atom. The summed E-state index contributed by atoms with van der Waals surface area (Å²) in [4.78, 5) is 30.1. The molecular formula is C21H28N6O. The van der Waals surface area contributed by atoms with Gasteiger partial charge in [0.15, 0.2) is 0 Å². The third-order valence-corrected chi connectivity index (χ3v) is 4.72. The minimum atomic E-state index is -0.0245. The van der Waals surface area contributed by atoms with Crippen LogP contribution in [0.2, 0.25) is 0 Å². The average molecular weight is 380 g/mol. The van der Waals surface area contributed by atoms with Crippen LogP contribution in [0.5, 0.6) is 0 Å². The van der Waals surface area contributed by atoms with Gasteiger partial charge in [0, 0.05) is 31.4 Å². The van der Waals surface area contributed by atoms with Crippen molar-refractivity contribution in [1.29, 1.82) is 0 Å². The molecule has 1 N–H and O–H groups in total. The van der Waals surface area contributed by atoms with Gasteiger partial charge in [-0.05, 0) is 52.4 Å². The lowest BCUT2D eigenvalue weighted by Crippen LogP contribution is -2.30. The van der Waals surface area contributed by atoms with E-state index in [2.05, 4.69) is 20.3 Å². The zero-order chi connectivity index (χ0) is 20.1. The fourth-order valence-corrected chi connectivity index (χ4v) is 3.36. The standard InChI is InChI=1S/C21H28N6O/c1-15-8-5-11-22-21(15)25-19-14-17(23-16(2)24-19)18-9-6-13-27(18)20(28)10-7-12-26(3)4/h5,7-8,10-11,14,18H,6,9,12-13H2,1-4H3,(H,22,23,24,25)/b10-7+/t18-/m0/s1. The molecule has 1 amide bonds. The summed E-state index contributed by atoms with van der Waals surface area (Å²) in [7, 11) is 3.96. The summed E-state index contributed by atoms with van der Waals surface area (Å²) in [5.41, 5.74) is 1.92. The fraction of sp³-hybridized carbons (Fsp3) is 0.429. The molecule has 2 aromatic heterocycles. The van der Waals surface area contributed by atoms with Crippen LogP contribution in [-0.4, -0.2) is 57.8 Å². The van der Waals surface area contributed by atoms with Gasteiger partial charge in [0.25, 0.3) is 0 Å². The molecule has 0 unspecified atom stereocenters. The SMILES string of the molecule is Cc1nc(Nc2ncccc2C)cc([C@@H]2CCCN2C(=O)/C=C/CN(C)C)n1. The van der Waals surface area contributed by atoms with E-state index in [1.165, 1.54) is 0 Å². The summed E-state index contributed by atoms with van der Waals surface area (Å²) in [6, 6.07) is 5.81. The summed E-state index contributed by atoms with van der Waals surface area (Å²) < 4.78 is 0. The quantitative estimate of drug-likeness (QED) is 0.777. The predicted octanol–water partition coefficient (Wildman–Crippen LogP) is 3.01. The molecule has 0 bridgehead atoms. The van der Waals surface area contributed by atoms with Gasteiger partial charge in [-0.1, -0.05) is 12.1 Å². The number of rotatable bonds is 6. The van der Waals surface area contributed by atoms with Crippen LogP contribution in [0.3, 0.4) is 0 Å². The largest absolute Gasteiger partial charge is 0.331 e. The van der Waals surface area contributed by atoms with Crippen LogP contribution in [0.15, 0.2) is 36.5 Å². The average Bonchev–Trinajstić information content (AvgIpc) is 3.13. The van der Waals surface area contributed by atoms with Gasteiger partial charge in [0.05, 0.1) is 11.7 Å². The molecule has 1 atom stereocenters. The Bertz CT molecular complexity index is 864. The van der Waals surface area contributed by atoms with Gasteiger partial charge >= 0.3 is 0 Å². The zero-order valence-corrected chi connectivity index (χ0v) is 17.0. The van der Waals surface area contributed by atoms with E-state index in [4.69, 9.17) is 0 Å². The molecule has 0 spiro atoms. The van der Waals surface area contributed by atoms with Crippen molar-refractivity contribution in [3.63, 3.8) is 0 Å². The number of hydrogen-bond donors (Lipinski definition) is 1. The van der Waals surface area contributed by atoms with Crippen molar-refractivity contribution in [2.24, 2.45) is 0 Å². The molecule has 0 saturated carbocycles. The van der Waals surface area contributed by atoms with E-state index in [0.717, 1.165) is 43.0 Å². The first-order valence-corrected chi connectivity index (χ1v) is 9.60. The molecule has 0 radical (unpaired) electrons. The first-order valence-electron chi connectivity index (χ1n) is 9.60. The van der Waals surface area contributed by atoms with E-state index in [1.54, 1.807) is 12.3 Å². The topological polar surface area (TPSA) is 74.2 Å². The number of aromatic nitrogens is 3. The Hall–Kier alpha value is -2.80. The molecule has 148 valence electrons. The number of nitrogens with one attached hydrogen (secondary N) is 1. The molecular weight excluding hydrogens is 352 g/mol. The molecule has 7 nitrogen and oxygen atoms in total. The highest BCUT2D eigenvalue weighted by molar-refractivity contribution is 5.88. The van der Waals surface area contributed by atoms with Gasteiger partial charge in [-0.25, -0.2) is 15.0 Å². The van der Waals surface area contributed by atoms with E-state index in [9.17, 15) is 4.79 Å². The molecule has 1 aliphatic rings.